The summed E-state index contributed by atoms with van der Waals surface area (Å²) >= 11 is 0. The molecule has 0 saturated heterocycles. The number of carbonyl (C=O) groups is 1. The van der Waals surface area contributed by atoms with E-state index in [-0.39, 0.29) is 0 Å². The van der Waals surface area contributed by atoms with E-state index in [0.29, 0.717) is 17.2 Å². The van der Waals surface area contributed by atoms with Crippen LogP contribution in [0.4, 0.5) is 0 Å². The van der Waals surface area contributed by atoms with Gasteiger partial charge in [0, 0.05) is 17.6 Å². The van der Waals surface area contributed by atoms with Crippen molar-refractivity contribution in [2.75, 3.05) is 14.2 Å². The Hall–Kier alpha value is -2.93. The minimum Gasteiger partial charge on any atom is -0.493 e. The number of methoxy groups -OCH3 is 2. The van der Waals surface area contributed by atoms with Crippen LogP contribution in [0.3, 0.4) is 0 Å². The van der Waals surface area contributed by atoms with Gasteiger partial charge in [0.25, 0.3) is 0 Å². The van der Waals surface area contributed by atoms with E-state index >= 15 is 0 Å². The Labute approximate surface area is 129 Å². The Morgan fingerprint density at radius 1 is 0.955 bits per heavy atom. The van der Waals surface area contributed by atoms with Crippen LogP contribution >= 0.6 is 0 Å². The summed E-state index contributed by atoms with van der Waals surface area (Å²) < 4.78 is 15.4. The zero-order valence-corrected chi connectivity index (χ0v) is 12.7. The molecule has 0 unspecified atom stereocenters. The topological polar surface area (TPSA) is 44.8 Å². The monoisotopic (exact) mass is 296 g/mol. The summed E-state index contributed by atoms with van der Waals surface area (Å²) in [6.45, 7) is 1.99. The average Bonchev–Trinajstić information content (AvgIpc) is 2.54. The fourth-order valence-electron chi connectivity index (χ4n) is 1.77. The SMILES string of the molecule is COc1ccc(OC(=O)C#Cc2ccc(C)cc2)cc1OC. The largest absolute Gasteiger partial charge is 0.493 e. The molecule has 4 heteroatoms. The molecule has 0 bridgehead atoms. The van der Waals surface area contributed by atoms with Gasteiger partial charge in [0.2, 0.25) is 0 Å². The molecule has 0 aliphatic carbocycles. The van der Waals surface area contributed by atoms with E-state index in [0.717, 1.165) is 11.1 Å². The highest BCUT2D eigenvalue weighted by atomic mass is 16.5. The number of hydrogen-bond acceptors (Lipinski definition) is 4. The van der Waals surface area contributed by atoms with E-state index in [4.69, 9.17) is 14.2 Å². The lowest BCUT2D eigenvalue weighted by Crippen LogP contribution is -2.04. The smallest absolute Gasteiger partial charge is 0.390 e. The summed E-state index contributed by atoms with van der Waals surface area (Å²) in [5.41, 5.74) is 1.90. The predicted molar refractivity (Wildman–Crippen MR) is 83.2 cm³/mol. The van der Waals surface area contributed by atoms with Gasteiger partial charge in [-0.15, -0.1) is 0 Å². The highest BCUT2D eigenvalue weighted by molar-refractivity contribution is 5.90. The molecule has 0 aliphatic rings. The molecule has 0 aliphatic heterocycles. The molecule has 0 saturated carbocycles. The van der Waals surface area contributed by atoms with Crippen molar-refractivity contribution in [3.8, 4) is 29.1 Å². The van der Waals surface area contributed by atoms with Crippen molar-refractivity contribution in [3.63, 3.8) is 0 Å². The molecule has 0 amide bonds. The predicted octanol–water partition coefficient (Wildman–Crippen LogP) is 2.97. The second kappa shape index (κ2) is 7.19. The van der Waals surface area contributed by atoms with Gasteiger partial charge in [-0.2, -0.15) is 0 Å². The molecule has 2 aromatic carbocycles. The van der Waals surface area contributed by atoms with Crippen molar-refractivity contribution in [1.29, 1.82) is 0 Å². The zero-order valence-electron chi connectivity index (χ0n) is 12.7. The fraction of sp³-hybridized carbons (Fsp3) is 0.167. The minimum absolute atomic E-state index is 0.348. The molecule has 2 aromatic rings. The Balaban J connectivity index is 2.08. The van der Waals surface area contributed by atoms with Gasteiger partial charge in [0.1, 0.15) is 5.75 Å². The van der Waals surface area contributed by atoms with Crippen molar-refractivity contribution in [1.82, 2.24) is 0 Å². The van der Waals surface area contributed by atoms with Gasteiger partial charge in [-0.3, -0.25) is 0 Å². The van der Waals surface area contributed by atoms with Gasteiger partial charge in [-0.1, -0.05) is 23.6 Å². The number of ether oxygens (including phenoxy) is 3. The molecule has 0 N–H and O–H groups in total. The van der Waals surface area contributed by atoms with Gasteiger partial charge in [-0.05, 0) is 31.2 Å². The number of rotatable bonds is 3. The first kappa shape index (κ1) is 15.5. The molecule has 0 aromatic heterocycles. The molecule has 2 rings (SSSR count). The van der Waals surface area contributed by atoms with Crippen LogP contribution in [-0.2, 0) is 4.79 Å². The third-order valence-corrected chi connectivity index (χ3v) is 2.93. The second-order valence-corrected chi connectivity index (χ2v) is 4.52. The number of carbonyl (C=O) groups excluding carboxylic acids is 1. The van der Waals surface area contributed by atoms with Gasteiger partial charge in [0.05, 0.1) is 14.2 Å². The van der Waals surface area contributed by atoms with Crippen molar-refractivity contribution < 1.29 is 19.0 Å². The van der Waals surface area contributed by atoms with Gasteiger partial charge >= 0.3 is 5.97 Å². The standard InChI is InChI=1S/C18H16O4/c1-13-4-6-14(7-5-13)8-11-18(19)22-15-9-10-16(20-2)17(12-15)21-3/h4-7,9-10,12H,1-3H3. The average molecular weight is 296 g/mol. The Kier molecular flexibility index (Phi) is 5.05. The summed E-state index contributed by atoms with van der Waals surface area (Å²) in [5, 5.41) is 0. The fourth-order valence-corrected chi connectivity index (χ4v) is 1.77. The maximum absolute atomic E-state index is 11.7. The second-order valence-electron chi connectivity index (χ2n) is 4.52. The first-order valence-electron chi connectivity index (χ1n) is 6.65. The van der Waals surface area contributed by atoms with Gasteiger partial charge in [-0.25, -0.2) is 4.79 Å². The maximum atomic E-state index is 11.7. The van der Waals surface area contributed by atoms with Gasteiger partial charge < -0.3 is 14.2 Å². The quantitative estimate of drug-likeness (QED) is 0.496. The lowest BCUT2D eigenvalue weighted by Gasteiger charge is -2.08. The number of esters is 1. The van der Waals surface area contributed by atoms with Crippen molar-refractivity contribution in [2.24, 2.45) is 0 Å². The van der Waals surface area contributed by atoms with Crippen LogP contribution in [-0.4, -0.2) is 20.2 Å². The number of hydrogen-bond donors (Lipinski definition) is 0. The first-order chi connectivity index (χ1) is 10.6. The van der Waals surface area contributed by atoms with Crippen LogP contribution in [0, 0.1) is 18.8 Å². The molecular weight excluding hydrogens is 280 g/mol. The lowest BCUT2D eigenvalue weighted by atomic mass is 10.2. The number of aryl methyl sites for hydroxylation is 1. The molecule has 0 heterocycles. The van der Waals surface area contributed by atoms with E-state index in [2.05, 4.69) is 11.8 Å². The maximum Gasteiger partial charge on any atom is 0.390 e. The van der Waals surface area contributed by atoms with Crippen LogP contribution in [0.5, 0.6) is 17.2 Å². The third kappa shape index (κ3) is 4.03. The van der Waals surface area contributed by atoms with E-state index in [1.54, 1.807) is 18.2 Å². The zero-order chi connectivity index (χ0) is 15.9. The van der Waals surface area contributed by atoms with E-state index in [9.17, 15) is 4.79 Å². The molecule has 0 radical (unpaired) electrons. The molecule has 4 nitrogen and oxygen atoms in total. The molecule has 112 valence electrons. The van der Waals surface area contributed by atoms with E-state index < -0.39 is 5.97 Å². The molecular formula is C18H16O4. The highest BCUT2D eigenvalue weighted by Crippen LogP contribution is 2.30. The van der Waals surface area contributed by atoms with Crippen LogP contribution in [0.2, 0.25) is 0 Å². The molecule has 22 heavy (non-hydrogen) atoms. The highest BCUT2D eigenvalue weighted by Gasteiger charge is 2.07. The summed E-state index contributed by atoms with van der Waals surface area (Å²) in [4.78, 5) is 11.7. The molecule has 0 spiro atoms. The Bertz CT molecular complexity index is 721. The van der Waals surface area contributed by atoms with Crippen molar-refractivity contribution in [3.05, 3.63) is 53.6 Å². The lowest BCUT2D eigenvalue weighted by molar-refractivity contribution is -0.128. The van der Waals surface area contributed by atoms with Gasteiger partial charge in [0.15, 0.2) is 11.5 Å². The summed E-state index contributed by atoms with van der Waals surface area (Å²) in [6.07, 6.45) is 0. The molecule has 0 atom stereocenters. The summed E-state index contributed by atoms with van der Waals surface area (Å²) in [6, 6.07) is 12.4. The van der Waals surface area contributed by atoms with Crippen LogP contribution in [0.25, 0.3) is 0 Å². The Morgan fingerprint density at radius 2 is 1.64 bits per heavy atom. The minimum atomic E-state index is -0.632. The molecule has 0 fully saturated rings. The normalized spacial score (nSPS) is 9.41. The van der Waals surface area contributed by atoms with Crippen LogP contribution in [0.1, 0.15) is 11.1 Å². The van der Waals surface area contributed by atoms with Crippen molar-refractivity contribution >= 4 is 5.97 Å². The first-order valence-corrected chi connectivity index (χ1v) is 6.65. The Morgan fingerprint density at radius 3 is 2.27 bits per heavy atom. The third-order valence-electron chi connectivity index (χ3n) is 2.93. The van der Waals surface area contributed by atoms with E-state index in [1.807, 2.05) is 31.2 Å². The van der Waals surface area contributed by atoms with Crippen molar-refractivity contribution in [2.45, 2.75) is 6.92 Å². The van der Waals surface area contributed by atoms with Crippen LogP contribution in [0.15, 0.2) is 42.5 Å². The summed E-state index contributed by atoms with van der Waals surface area (Å²) in [5.74, 6) is 5.98. The summed E-state index contributed by atoms with van der Waals surface area (Å²) in [7, 11) is 3.05. The number of benzene rings is 2. The van der Waals surface area contributed by atoms with Crippen LogP contribution < -0.4 is 14.2 Å². The van der Waals surface area contributed by atoms with E-state index in [1.165, 1.54) is 14.2 Å².